The van der Waals surface area contributed by atoms with E-state index in [1.807, 2.05) is 6.07 Å². The number of hydrogen-bond donors (Lipinski definition) is 1. The zero-order chi connectivity index (χ0) is 10.8. The molecule has 1 N–H and O–H groups in total. The van der Waals surface area contributed by atoms with Crippen LogP contribution in [0.3, 0.4) is 0 Å². The number of nitriles is 1. The summed E-state index contributed by atoms with van der Waals surface area (Å²) in [6, 6.07) is 6.87. The van der Waals surface area contributed by atoms with Crippen molar-refractivity contribution in [3.63, 3.8) is 0 Å². The molecule has 2 aromatic rings. The van der Waals surface area contributed by atoms with E-state index < -0.39 is 0 Å². The first kappa shape index (κ1) is 9.83. The Morgan fingerprint density at radius 2 is 2.33 bits per heavy atom. The molecule has 1 aromatic carbocycles. The predicted octanol–water partition coefficient (Wildman–Crippen LogP) is 1.85. The van der Waals surface area contributed by atoms with Gasteiger partial charge in [-0.05, 0) is 30.4 Å². The highest BCUT2D eigenvalue weighted by molar-refractivity contribution is 7.71. The molecule has 0 radical (unpaired) electrons. The third kappa shape index (κ3) is 1.75. The molecule has 5 nitrogen and oxygen atoms in total. The van der Waals surface area contributed by atoms with E-state index >= 15 is 0 Å². The van der Waals surface area contributed by atoms with Crippen molar-refractivity contribution in [2.24, 2.45) is 0 Å². The van der Waals surface area contributed by atoms with Crippen molar-refractivity contribution in [2.45, 2.75) is 0 Å². The van der Waals surface area contributed by atoms with E-state index in [1.165, 1.54) is 4.68 Å². The second kappa shape index (κ2) is 3.81. The molecular formula is C8H4ClN5S. The maximum absolute atomic E-state index is 8.75. The second-order valence-electron chi connectivity index (χ2n) is 2.70. The van der Waals surface area contributed by atoms with Crippen LogP contribution in [0.2, 0.25) is 5.02 Å². The Morgan fingerprint density at radius 3 is 2.93 bits per heavy atom. The number of nitrogens with zero attached hydrogens (tertiary/aromatic N) is 4. The topological polar surface area (TPSA) is 70.3 Å². The van der Waals surface area contributed by atoms with E-state index in [0.29, 0.717) is 16.3 Å². The molecular weight excluding hydrogens is 234 g/mol. The van der Waals surface area contributed by atoms with Gasteiger partial charge in [-0.3, -0.25) is 0 Å². The maximum Gasteiger partial charge on any atom is 0.242 e. The summed E-state index contributed by atoms with van der Waals surface area (Å²) in [5.41, 5.74) is 1.05. The first-order chi connectivity index (χ1) is 7.22. The van der Waals surface area contributed by atoms with Crippen LogP contribution in [0.25, 0.3) is 5.69 Å². The van der Waals surface area contributed by atoms with E-state index in [2.05, 4.69) is 15.5 Å². The van der Waals surface area contributed by atoms with Crippen LogP contribution < -0.4 is 0 Å². The van der Waals surface area contributed by atoms with Gasteiger partial charge in [0.1, 0.15) is 0 Å². The molecule has 1 aromatic heterocycles. The molecule has 7 heteroatoms. The quantitative estimate of drug-likeness (QED) is 0.769. The molecule has 0 saturated heterocycles. The highest BCUT2D eigenvalue weighted by Gasteiger charge is 2.06. The SMILES string of the molecule is N#Cc1ccc(Cl)c(-n2[nH]nnc2=S)c1. The maximum atomic E-state index is 8.75. The van der Waals surface area contributed by atoms with E-state index in [1.54, 1.807) is 18.2 Å². The summed E-state index contributed by atoms with van der Waals surface area (Å²) in [4.78, 5) is 0. The minimum atomic E-state index is 0.256. The summed E-state index contributed by atoms with van der Waals surface area (Å²) < 4.78 is 1.69. The molecule has 0 fully saturated rings. The molecule has 0 bridgehead atoms. The molecule has 15 heavy (non-hydrogen) atoms. The molecule has 0 saturated carbocycles. The Balaban J connectivity index is 2.68. The number of aromatic nitrogens is 4. The predicted molar refractivity (Wildman–Crippen MR) is 56.3 cm³/mol. The minimum Gasteiger partial charge on any atom is -0.208 e. The number of halogens is 1. The van der Waals surface area contributed by atoms with Crippen LogP contribution >= 0.6 is 23.8 Å². The molecule has 74 valence electrons. The molecule has 2 rings (SSSR count). The Kier molecular flexibility index (Phi) is 2.49. The highest BCUT2D eigenvalue weighted by atomic mass is 35.5. The van der Waals surface area contributed by atoms with E-state index in [4.69, 9.17) is 29.1 Å². The molecule has 0 aliphatic rings. The van der Waals surface area contributed by atoms with Crippen LogP contribution in [-0.4, -0.2) is 20.2 Å². The molecule has 0 spiro atoms. The number of hydrogen-bond acceptors (Lipinski definition) is 4. The van der Waals surface area contributed by atoms with Gasteiger partial charge in [0.15, 0.2) is 0 Å². The first-order valence-corrected chi connectivity index (χ1v) is 4.71. The summed E-state index contributed by atoms with van der Waals surface area (Å²) in [6.45, 7) is 0. The minimum absolute atomic E-state index is 0.256. The Morgan fingerprint density at radius 1 is 1.53 bits per heavy atom. The largest absolute Gasteiger partial charge is 0.242 e. The van der Waals surface area contributed by atoms with Gasteiger partial charge in [0.2, 0.25) is 4.77 Å². The van der Waals surface area contributed by atoms with Gasteiger partial charge in [-0.25, -0.2) is 4.68 Å². The normalized spacial score (nSPS) is 9.87. The van der Waals surface area contributed by atoms with Crippen LogP contribution in [-0.2, 0) is 0 Å². The molecule has 0 amide bonds. The van der Waals surface area contributed by atoms with Crippen molar-refractivity contribution in [1.82, 2.24) is 20.2 Å². The summed E-state index contributed by atoms with van der Waals surface area (Å²) in [5.74, 6) is 0. The number of benzene rings is 1. The van der Waals surface area contributed by atoms with Crippen molar-refractivity contribution < 1.29 is 0 Å². The summed E-state index contributed by atoms with van der Waals surface area (Å²) >= 11 is 10.9. The van der Waals surface area contributed by atoms with Crippen molar-refractivity contribution in [1.29, 1.82) is 5.26 Å². The molecule has 1 heterocycles. The average molecular weight is 238 g/mol. The monoisotopic (exact) mass is 237 g/mol. The smallest absolute Gasteiger partial charge is 0.208 e. The van der Waals surface area contributed by atoms with Gasteiger partial charge in [-0.1, -0.05) is 21.9 Å². The lowest BCUT2D eigenvalue weighted by molar-refractivity contribution is 0.786. The van der Waals surface area contributed by atoms with Crippen LogP contribution in [0.5, 0.6) is 0 Å². The number of rotatable bonds is 1. The van der Waals surface area contributed by atoms with Crippen molar-refractivity contribution in [3.8, 4) is 11.8 Å². The lowest BCUT2D eigenvalue weighted by atomic mass is 10.2. The van der Waals surface area contributed by atoms with Crippen molar-refractivity contribution >= 4 is 23.8 Å². The summed E-state index contributed by atoms with van der Waals surface area (Å²) in [7, 11) is 0. The lowest BCUT2D eigenvalue weighted by Gasteiger charge is -2.03. The van der Waals surface area contributed by atoms with Gasteiger partial charge in [-0.15, -0.1) is 0 Å². The Hall–Kier alpha value is -1.71. The van der Waals surface area contributed by atoms with E-state index in [0.717, 1.165) is 0 Å². The Bertz CT molecular complexity index is 594. The van der Waals surface area contributed by atoms with E-state index in [-0.39, 0.29) is 4.77 Å². The van der Waals surface area contributed by atoms with Crippen LogP contribution in [0.1, 0.15) is 5.56 Å². The fraction of sp³-hybridized carbons (Fsp3) is 0. The van der Waals surface area contributed by atoms with Crippen molar-refractivity contribution in [2.75, 3.05) is 0 Å². The van der Waals surface area contributed by atoms with Gasteiger partial charge in [0.05, 0.1) is 22.3 Å². The van der Waals surface area contributed by atoms with Gasteiger partial charge in [0.25, 0.3) is 0 Å². The summed E-state index contributed by atoms with van der Waals surface area (Å²) in [5, 5.41) is 18.9. The number of aromatic amines is 1. The zero-order valence-electron chi connectivity index (χ0n) is 7.31. The number of H-pyrrole nitrogens is 1. The van der Waals surface area contributed by atoms with Crippen LogP contribution in [0, 0.1) is 16.1 Å². The Labute approximate surface area is 94.9 Å². The standard InChI is InChI=1S/C8H4ClN5S/c9-6-2-1-5(4-10)3-7(6)14-8(15)11-12-13-14/h1-3H,(H,11,13,15). The highest BCUT2D eigenvalue weighted by Crippen LogP contribution is 2.20. The zero-order valence-corrected chi connectivity index (χ0v) is 8.88. The number of tetrazole rings is 1. The second-order valence-corrected chi connectivity index (χ2v) is 3.47. The fourth-order valence-corrected chi connectivity index (χ4v) is 1.49. The molecule has 0 aliphatic heterocycles. The van der Waals surface area contributed by atoms with Gasteiger partial charge in [-0.2, -0.15) is 10.5 Å². The average Bonchev–Trinajstić information content (AvgIpc) is 2.65. The molecule has 0 aliphatic carbocycles. The van der Waals surface area contributed by atoms with Crippen LogP contribution in [0.15, 0.2) is 18.2 Å². The fourth-order valence-electron chi connectivity index (χ4n) is 1.11. The summed E-state index contributed by atoms with van der Waals surface area (Å²) in [6.07, 6.45) is 0. The molecule has 0 unspecified atom stereocenters. The third-order valence-corrected chi connectivity index (χ3v) is 2.37. The van der Waals surface area contributed by atoms with Gasteiger partial charge < -0.3 is 0 Å². The van der Waals surface area contributed by atoms with Gasteiger partial charge >= 0.3 is 0 Å². The lowest BCUT2D eigenvalue weighted by Crippen LogP contribution is -1.98. The molecule has 0 atom stereocenters. The van der Waals surface area contributed by atoms with Crippen LogP contribution in [0.4, 0.5) is 0 Å². The van der Waals surface area contributed by atoms with Gasteiger partial charge in [0, 0.05) is 0 Å². The number of nitrogens with one attached hydrogen (secondary N) is 1. The van der Waals surface area contributed by atoms with Crippen molar-refractivity contribution in [3.05, 3.63) is 33.6 Å². The first-order valence-electron chi connectivity index (χ1n) is 3.92. The van der Waals surface area contributed by atoms with E-state index in [9.17, 15) is 0 Å². The third-order valence-electron chi connectivity index (χ3n) is 1.79.